The molecule has 0 aromatic carbocycles. The van der Waals surface area contributed by atoms with E-state index in [-0.39, 0.29) is 6.08 Å². The minimum atomic E-state index is -4.50. The first-order chi connectivity index (χ1) is 4.83. The number of rotatable bonds is 1. The predicted octanol–water partition coefficient (Wildman–Crippen LogP) is 1.73. The fraction of sp³-hybridized carbons (Fsp3) is 0.333. The van der Waals surface area contributed by atoms with Crippen molar-refractivity contribution in [3.63, 3.8) is 0 Å². The summed E-state index contributed by atoms with van der Waals surface area (Å²) in [5.41, 5.74) is 1.12. The van der Waals surface area contributed by atoms with Crippen molar-refractivity contribution in [2.75, 3.05) is 0 Å². The Balaban J connectivity index is 4.55. The average Bonchev–Trinajstić information content (AvgIpc) is 1.80. The minimum Gasteiger partial charge on any atom is -0.477 e. The van der Waals surface area contributed by atoms with Crippen LogP contribution in [0, 0.1) is 0 Å². The minimum absolute atomic E-state index is 0.240. The van der Waals surface area contributed by atoms with E-state index in [9.17, 15) is 18.0 Å². The summed E-state index contributed by atoms with van der Waals surface area (Å²) >= 11 is 0. The molecule has 0 fully saturated rings. The average molecular weight is 166 g/mol. The first kappa shape index (κ1) is 9.78. The lowest BCUT2D eigenvalue weighted by atomic mass is 10.3. The van der Waals surface area contributed by atoms with Crippen molar-refractivity contribution < 1.29 is 23.1 Å². The molecule has 0 saturated carbocycles. The van der Waals surface area contributed by atoms with Gasteiger partial charge in [0.15, 0.2) is 0 Å². The number of carboxylic acids is 1. The molecule has 0 amide bonds. The van der Waals surface area contributed by atoms with Gasteiger partial charge in [-0.15, -0.1) is 5.73 Å². The maximum atomic E-state index is 11.4. The quantitative estimate of drug-likeness (QED) is 0.475. The zero-order valence-corrected chi connectivity index (χ0v) is 5.57. The summed E-state index contributed by atoms with van der Waals surface area (Å²) in [5.74, 6) is -1.41. The molecule has 0 aliphatic rings. The Bertz CT molecular complexity index is 220. The van der Waals surface area contributed by atoms with Gasteiger partial charge in [0.2, 0.25) is 0 Å². The topological polar surface area (TPSA) is 37.3 Å². The van der Waals surface area contributed by atoms with E-state index in [1.54, 1.807) is 5.73 Å². The number of halogens is 3. The maximum Gasteiger partial charge on any atom is 0.416 e. The number of hydrogen-bond acceptors (Lipinski definition) is 1. The molecule has 0 aliphatic carbocycles. The first-order valence-electron chi connectivity index (χ1n) is 2.57. The highest BCUT2D eigenvalue weighted by Gasteiger charge is 2.22. The van der Waals surface area contributed by atoms with E-state index in [1.165, 1.54) is 0 Å². The van der Waals surface area contributed by atoms with Gasteiger partial charge in [0.1, 0.15) is 0 Å². The molecule has 0 aromatic heterocycles. The largest absolute Gasteiger partial charge is 0.477 e. The van der Waals surface area contributed by atoms with Crippen LogP contribution >= 0.6 is 0 Å². The molecule has 5 heteroatoms. The van der Waals surface area contributed by atoms with E-state index in [0.29, 0.717) is 0 Å². The lowest BCUT2D eigenvalue weighted by molar-refractivity contribution is -0.132. The van der Waals surface area contributed by atoms with E-state index >= 15 is 0 Å². The van der Waals surface area contributed by atoms with Crippen molar-refractivity contribution >= 4 is 5.97 Å². The first-order valence-corrected chi connectivity index (χ1v) is 2.57. The summed E-state index contributed by atoms with van der Waals surface area (Å²) in [6.45, 7) is 1.03. The second kappa shape index (κ2) is 3.25. The molecule has 0 aromatic rings. The molecule has 2 nitrogen and oxygen atoms in total. The fourth-order valence-corrected chi connectivity index (χ4v) is 0.252. The summed E-state index contributed by atoms with van der Waals surface area (Å²) in [7, 11) is 0. The van der Waals surface area contributed by atoms with E-state index in [2.05, 4.69) is 0 Å². The van der Waals surface area contributed by atoms with E-state index in [1.807, 2.05) is 0 Å². The molecule has 0 unspecified atom stereocenters. The summed E-state index contributed by atoms with van der Waals surface area (Å²) < 4.78 is 34.1. The van der Waals surface area contributed by atoms with Crippen LogP contribution in [0.3, 0.4) is 0 Å². The van der Waals surface area contributed by atoms with Crippen molar-refractivity contribution in [2.24, 2.45) is 0 Å². The summed E-state index contributed by atoms with van der Waals surface area (Å²) in [4.78, 5) is 9.93. The summed E-state index contributed by atoms with van der Waals surface area (Å²) in [6.07, 6.45) is -4.74. The predicted molar refractivity (Wildman–Crippen MR) is 31.0 cm³/mol. The molecule has 0 radical (unpaired) electrons. The number of carboxylic acid groups (broad SMARTS) is 1. The van der Waals surface area contributed by atoms with Crippen LogP contribution in [0.4, 0.5) is 13.2 Å². The van der Waals surface area contributed by atoms with Crippen molar-refractivity contribution in [1.82, 2.24) is 0 Å². The summed E-state index contributed by atoms with van der Waals surface area (Å²) in [5, 5.41) is 8.09. The van der Waals surface area contributed by atoms with Gasteiger partial charge in [0, 0.05) is 0 Å². The van der Waals surface area contributed by atoms with Crippen LogP contribution in [-0.4, -0.2) is 17.3 Å². The van der Waals surface area contributed by atoms with Gasteiger partial charge >= 0.3 is 12.1 Å². The summed E-state index contributed by atoms with van der Waals surface area (Å²) in [6, 6.07) is 0. The number of alkyl halides is 3. The van der Waals surface area contributed by atoms with E-state index in [4.69, 9.17) is 5.11 Å². The molecular formula is C6H5F3O2. The number of hydrogen-bond donors (Lipinski definition) is 1. The highest BCUT2D eigenvalue weighted by Crippen LogP contribution is 2.15. The molecule has 11 heavy (non-hydrogen) atoms. The third-order valence-electron chi connectivity index (χ3n) is 0.773. The van der Waals surface area contributed by atoms with Crippen molar-refractivity contribution in [3.05, 3.63) is 17.4 Å². The monoisotopic (exact) mass is 166 g/mol. The lowest BCUT2D eigenvalue weighted by Crippen LogP contribution is -2.01. The Hall–Kier alpha value is -1.22. The van der Waals surface area contributed by atoms with Crippen LogP contribution < -0.4 is 0 Å². The van der Waals surface area contributed by atoms with Gasteiger partial charge in [0.25, 0.3) is 0 Å². The maximum absolute atomic E-state index is 11.4. The smallest absolute Gasteiger partial charge is 0.416 e. The molecule has 0 aliphatic heterocycles. The molecule has 0 rings (SSSR count). The van der Waals surface area contributed by atoms with E-state index in [0.717, 1.165) is 6.92 Å². The Kier molecular flexibility index (Phi) is 2.89. The van der Waals surface area contributed by atoms with Gasteiger partial charge < -0.3 is 5.11 Å². The lowest BCUT2D eigenvalue weighted by Gasteiger charge is -1.93. The molecular weight excluding hydrogens is 161 g/mol. The molecule has 0 heterocycles. The Morgan fingerprint density at radius 2 is 2.00 bits per heavy atom. The Labute approximate surface area is 60.6 Å². The van der Waals surface area contributed by atoms with Gasteiger partial charge in [-0.05, 0) is 6.92 Å². The Morgan fingerprint density at radius 1 is 1.55 bits per heavy atom. The second-order valence-corrected chi connectivity index (χ2v) is 1.76. The van der Waals surface area contributed by atoms with Gasteiger partial charge in [-0.1, -0.05) is 0 Å². The fourth-order valence-electron chi connectivity index (χ4n) is 0.252. The van der Waals surface area contributed by atoms with Gasteiger partial charge in [-0.25, -0.2) is 4.79 Å². The standard InChI is InChI=1S/C6H5F3O2/c1-4(5(10)11)2-3-6(7,8)9/h3H,1H3,(H,10,11). The SMILES string of the molecule is CC(=C=CC(F)(F)F)C(=O)O. The molecule has 1 N–H and O–H groups in total. The third kappa shape index (κ3) is 5.24. The third-order valence-corrected chi connectivity index (χ3v) is 0.773. The van der Waals surface area contributed by atoms with Gasteiger partial charge in [0.05, 0.1) is 11.6 Å². The van der Waals surface area contributed by atoms with Gasteiger partial charge in [-0.2, -0.15) is 13.2 Å². The van der Waals surface area contributed by atoms with Crippen molar-refractivity contribution in [2.45, 2.75) is 13.1 Å². The van der Waals surface area contributed by atoms with E-state index < -0.39 is 17.7 Å². The van der Waals surface area contributed by atoms with Crippen LogP contribution in [0.2, 0.25) is 0 Å². The highest BCUT2D eigenvalue weighted by atomic mass is 19.4. The molecule has 0 atom stereocenters. The van der Waals surface area contributed by atoms with Gasteiger partial charge in [-0.3, -0.25) is 0 Å². The normalized spacial score (nSPS) is 10.2. The van der Waals surface area contributed by atoms with Crippen LogP contribution in [0.5, 0.6) is 0 Å². The van der Waals surface area contributed by atoms with Crippen molar-refractivity contribution in [1.29, 1.82) is 0 Å². The molecule has 62 valence electrons. The second-order valence-electron chi connectivity index (χ2n) is 1.76. The van der Waals surface area contributed by atoms with Crippen molar-refractivity contribution in [3.8, 4) is 0 Å². The molecule has 0 saturated heterocycles. The number of aliphatic carboxylic acids is 1. The molecule has 0 spiro atoms. The molecule has 0 bridgehead atoms. The highest BCUT2D eigenvalue weighted by molar-refractivity contribution is 5.85. The van der Waals surface area contributed by atoms with Crippen LogP contribution in [0.1, 0.15) is 6.92 Å². The zero-order valence-electron chi connectivity index (χ0n) is 5.57. The zero-order chi connectivity index (χ0) is 9.07. The Morgan fingerprint density at radius 3 is 2.27 bits per heavy atom. The number of carbonyl (C=O) groups is 1. The van der Waals surface area contributed by atoms with Crippen LogP contribution in [-0.2, 0) is 4.79 Å². The van der Waals surface area contributed by atoms with Crippen LogP contribution in [0.15, 0.2) is 17.4 Å². The van der Waals surface area contributed by atoms with Crippen LogP contribution in [0.25, 0.3) is 0 Å².